The number of amides is 2. The first kappa shape index (κ1) is 24.0. The normalized spacial score (nSPS) is 11.6. The van der Waals surface area contributed by atoms with E-state index in [1.54, 1.807) is 30.2 Å². The molecule has 0 spiro atoms. The summed E-state index contributed by atoms with van der Waals surface area (Å²) < 4.78 is 5.20. The molecule has 0 saturated heterocycles. The van der Waals surface area contributed by atoms with Gasteiger partial charge in [0.1, 0.15) is 11.8 Å². The van der Waals surface area contributed by atoms with Crippen molar-refractivity contribution in [2.45, 2.75) is 45.7 Å². The molecule has 2 aromatic rings. The van der Waals surface area contributed by atoms with E-state index in [4.69, 9.17) is 27.9 Å². The number of nitrogens with one attached hydrogen (secondary N) is 1. The van der Waals surface area contributed by atoms with Crippen molar-refractivity contribution in [3.05, 3.63) is 63.6 Å². The third-order valence-electron chi connectivity index (χ3n) is 4.84. The number of benzene rings is 2. The molecule has 0 saturated carbocycles. The van der Waals surface area contributed by atoms with E-state index in [1.165, 1.54) is 0 Å². The van der Waals surface area contributed by atoms with Gasteiger partial charge in [0.2, 0.25) is 11.8 Å². The van der Waals surface area contributed by atoms with Crippen LogP contribution in [0.15, 0.2) is 42.5 Å². The van der Waals surface area contributed by atoms with Crippen molar-refractivity contribution in [2.24, 2.45) is 0 Å². The highest BCUT2D eigenvalue weighted by Crippen LogP contribution is 2.26. The highest BCUT2D eigenvalue weighted by Gasteiger charge is 2.29. The maximum absolute atomic E-state index is 13.3. The van der Waals surface area contributed by atoms with E-state index < -0.39 is 6.04 Å². The number of halogens is 2. The summed E-state index contributed by atoms with van der Waals surface area (Å²) in [5, 5.41) is 3.77. The SMILES string of the molecule is CCCNC(=O)[C@@H](CC)N(Cc1ccc(OC)cc1)C(=O)Cc1c(Cl)cccc1Cl. The number of methoxy groups -OCH3 is 1. The Balaban J connectivity index is 2.32. The van der Waals surface area contributed by atoms with Gasteiger partial charge >= 0.3 is 0 Å². The number of carbonyl (C=O) groups excluding carboxylic acids is 2. The van der Waals surface area contributed by atoms with Crippen LogP contribution in [0.2, 0.25) is 10.0 Å². The Morgan fingerprint density at radius 1 is 1.07 bits per heavy atom. The molecule has 1 N–H and O–H groups in total. The van der Waals surface area contributed by atoms with E-state index in [-0.39, 0.29) is 18.2 Å². The zero-order chi connectivity index (χ0) is 22.1. The fourth-order valence-corrected chi connectivity index (χ4v) is 3.70. The predicted molar refractivity (Wildman–Crippen MR) is 121 cm³/mol. The molecule has 0 unspecified atom stereocenters. The topological polar surface area (TPSA) is 58.6 Å². The van der Waals surface area contributed by atoms with Gasteiger partial charge < -0.3 is 15.0 Å². The highest BCUT2D eigenvalue weighted by molar-refractivity contribution is 6.36. The Kier molecular flexibility index (Phi) is 9.47. The van der Waals surface area contributed by atoms with Crippen LogP contribution in [0.4, 0.5) is 0 Å². The van der Waals surface area contributed by atoms with E-state index in [1.807, 2.05) is 38.1 Å². The average Bonchev–Trinajstić information content (AvgIpc) is 2.75. The van der Waals surface area contributed by atoms with E-state index in [0.29, 0.717) is 35.1 Å². The van der Waals surface area contributed by atoms with Crippen LogP contribution in [-0.4, -0.2) is 36.4 Å². The summed E-state index contributed by atoms with van der Waals surface area (Å²) in [5.41, 5.74) is 1.46. The monoisotopic (exact) mass is 450 g/mol. The highest BCUT2D eigenvalue weighted by atomic mass is 35.5. The maximum Gasteiger partial charge on any atom is 0.242 e. The second kappa shape index (κ2) is 11.8. The quantitative estimate of drug-likeness (QED) is 0.560. The largest absolute Gasteiger partial charge is 0.497 e. The lowest BCUT2D eigenvalue weighted by atomic mass is 10.1. The lowest BCUT2D eigenvalue weighted by Gasteiger charge is -2.31. The summed E-state index contributed by atoms with van der Waals surface area (Å²) in [6.45, 7) is 4.74. The zero-order valence-electron chi connectivity index (χ0n) is 17.6. The number of nitrogens with zero attached hydrogens (tertiary/aromatic N) is 1. The van der Waals surface area contributed by atoms with Crippen molar-refractivity contribution in [2.75, 3.05) is 13.7 Å². The van der Waals surface area contributed by atoms with Crippen molar-refractivity contribution in [3.63, 3.8) is 0 Å². The van der Waals surface area contributed by atoms with E-state index in [2.05, 4.69) is 5.32 Å². The van der Waals surface area contributed by atoms with Crippen LogP contribution in [0.25, 0.3) is 0 Å². The molecule has 2 amide bonds. The van der Waals surface area contributed by atoms with Crippen LogP contribution in [0.1, 0.15) is 37.8 Å². The van der Waals surface area contributed by atoms with E-state index >= 15 is 0 Å². The van der Waals surface area contributed by atoms with Crippen molar-refractivity contribution in [3.8, 4) is 5.75 Å². The summed E-state index contributed by atoms with van der Waals surface area (Å²) in [6, 6.07) is 12.0. The van der Waals surface area contributed by atoms with Crippen LogP contribution < -0.4 is 10.1 Å². The fourth-order valence-electron chi connectivity index (χ4n) is 3.17. The number of ether oxygens (including phenoxy) is 1. The molecule has 0 aromatic heterocycles. The first-order chi connectivity index (χ1) is 14.4. The second-order valence-electron chi connectivity index (χ2n) is 6.96. The smallest absolute Gasteiger partial charge is 0.242 e. The molecule has 5 nitrogen and oxygen atoms in total. The van der Waals surface area contributed by atoms with Gasteiger partial charge in [-0.1, -0.05) is 55.2 Å². The van der Waals surface area contributed by atoms with Gasteiger partial charge in [0.15, 0.2) is 0 Å². The molecular formula is C23H28Cl2N2O3. The van der Waals surface area contributed by atoms with Gasteiger partial charge in [-0.25, -0.2) is 0 Å². The molecule has 0 fully saturated rings. The molecule has 30 heavy (non-hydrogen) atoms. The second-order valence-corrected chi connectivity index (χ2v) is 7.78. The standard InChI is InChI=1S/C23H28Cl2N2O3/c1-4-13-26-23(29)21(5-2)27(15-16-9-11-17(30-3)12-10-16)22(28)14-18-19(24)7-6-8-20(18)25/h6-12,21H,4-5,13-15H2,1-3H3,(H,26,29)/t21-/m1/s1. The number of hydrogen-bond acceptors (Lipinski definition) is 3. The molecule has 0 bridgehead atoms. The first-order valence-corrected chi connectivity index (χ1v) is 10.8. The van der Waals surface area contributed by atoms with Crippen molar-refractivity contribution < 1.29 is 14.3 Å². The Morgan fingerprint density at radius 2 is 1.70 bits per heavy atom. The first-order valence-electron chi connectivity index (χ1n) is 10.0. The molecule has 0 aliphatic carbocycles. The van der Waals surface area contributed by atoms with Gasteiger partial charge in [-0.2, -0.15) is 0 Å². The lowest BCUT2D eigenvalue weighted by Crippen LogP contribution is -2.49. The molecule has 0 heterocycles. The Hall–Kier alpha value is -2.24. The van der Waals surface area contributed by atoms with Gasteiger partial charge in [0, 0.05) is 23.1 Å². The van der Waals surface area contributed by atoms with Crippen molar-refractivity contribution >= 4 is 35.0 Å². The molecule has 0 radical (unpaired) electrons. The summed E-state index contributed by atoms with van der Waals surface area (Å²) in [6.07, 6.45) is 1.34. The minimum absolute atomic E-state index is 0.0201. The van der Waals surface area contributed by atoms with Crippen molar-refractivity contribution in [1.82, 2.24) is 10.2 Å². The minimum atomic E-state index is -0.590. The zero-order valence-corrected chi connectivity index (χ0v) is 19.1. The van der Waals surface area contributed by atoms with E-state index in [0.717, 1.165) is 17.7 Å². The van der Waals surface area contributed by atoms with Crippen LogP contribution in [0, 0.1) is 0 Å². The van der Waals surface area contributed by atoms with Crippen LogP contribution in [0.3, 0.4) is 0 Å². The summed E-state index contributed by atoms with van der Waals surface area (Å²) in [7, 11) is 1.60. The minimum Gasteiger partial charge on any atom is -0.497 e. The van der Waals surface area contributed by atoms with E-state index in [9.17, 15) is 9.59 Å². The van der Waals surface area contributed by atoms with Gasteiger partial charge in [-0.05, 0) is 48.2 Å². The Bertz CT molecular complexity index is 836. The summed E-state index contributed by atoms with van der Waals surface area (Å²) in [4.78, 5) is 27.7. The van der Waals surface area contributed by atoms with Gasteiger partial charge in [0.25, 0.3) is 0 Å². The van der Waals surface area contributed by atoms with Crippen LogP contribution >= 0.6 is 23.2 Å². The number of hydrogen-bond donors (Lipinski definition) is 1. The molecular weight excluding hydrogens is 423 g/mol. The summed E-state index contributed by atoms with van der Waals surface area (Å²) in [5.74, 6) is 0.359. The molecule has 7 heteroatoms. The molecule has 0 aliphatic heterocycles. The number of carbonyl (C=O) groups is 2. The van der Waals surface area contributed by atoms with Gasteiger partial charge in [-0.3, -0.25) is 9.59 Å². The molecule has 1 atom stereocenters. The molecule has 2 aromatic carbocycles. The third kappa shape index (κ3) is 6.38. The Labute approximate surface area is 188 Å². The van der Waals surface area contributed by atoms with Crippen LogP contribution in [-0.2, 0) is 22.6 Å². The fraction of sp³-hybridized carbons (Fsp3) is 0.391. The third-order valence-corrected chi connectivity index (χ3v) is 5.55. The predicted octanol–water partition coefficient (Wildman–Crippen LogP) is 4.88. The lowest BCUT2D eigenvalue weighted by molar-refractivity contribution is -0.140. The van der Waals surface area contributed by atoms with Gasteiger partial charge in [-0.15, -0.1) is 0 Å². The average molecular weight is 451 g/mol. The number of rotatable bonds is 10. The Morgan fingerprint density at radius 3 is 2.23 bits per heavy atom. The summed E-state index contributed by atoms with van der Waals surface area (Å²) >= 11 is 12.5. The van der Waals surface area contributed by atoms with Crippen LogP contribution in [0.5, 0.6) is 5.75 Å². The van der Waals surface area contributed by atoms with Crippen molar-refractivity contribution in [1.29, 1.82) is 0 Å². The maximum atomic E-state index is 13.3. The molecule has 0 aliphatic rings. The molecule has 162 valence electrons. The van der Waals surface area contributed by atoms with Gasteiger partial charge in [0.05, 0.1) is 13.5 Å². The molecule has 2 rings (SSSR count).